The summed E-state index contributed by atoms with van der Waals surface area (Å²) in [5, 5.41) is 0. The number of unbranched alkanes of at least 4 members (excludes halogenated alkanes) is 3. The fourth-order valence-corrected chi connectivity index (χ4v) is 2.00. The molecule has 0 N–H and O–H groups in total. The van der Waals surface area contributed by atoms with Crippen LogP contribution in [0.4, 0.5) is 0 Å². The number of hydrogen-bond donors (Lipinski definition) is 0. The van der Waals surface area contributed by atoms with Crippen LogP contribution < -0.4 is 0 Å². The summed E-state index contributed by atoms with van der Waals surface area (Å²) < 4.78 is 0. The Morgan fingerprint density at radius 2 is 1.47 bits per heavy atom. The van der Waals surface area contributed by atoms with Gasteiger partial charge >= 0.3 is 0 Å². The molecular formula is C19H20. The topological polar surface area (TPSA) is 0 Å². The van der Waals surface area contributed by atoms with Crippen molar-refractivity contribution in [3.8, 4) is 23.0 Å². The summed E-state index contributed by atoms with van der Waals surface area (Å²) in [4.78, 5) is 0. The molecule has 2 aromatic carbocycles. The minimum Gasteiger partial charge on any atom is -0.0979 e. The monoisotopic (exact) mass is 248 g/mol. The lowest BCUT2D eigenvalue weighted by atomic mass is 10.0. The van der Waals surface area contributed by atoms with Crippen molar-refractivity contribution in [3.05, 3.63) is 60.2 Å². The van der Waals surface area contributed by atoms with Gasteiger partial charge in [-0.2, -0.15) is 0 Å². The van der Waals surface area contributed by atoms with Crippen LogP contribution in [-0.4, -0.2) is 0 Å². The second kappa shape index (κ2) is 7.44. The molecule has 0 nitrogen and oxygen atoms in total. The van der Waals surface area contributed by atoms with E-state index in [9.17, 15) is 0 Å². The highest BCUT2D eigenvalue weighted by atomic mass is 14.0. The van der Waals surface area contributed by atoms with Crippen LogP contribution in [-0.2, 0) is 0 Å². The van der Waals surface area contributed by atoms with E-state index in [2.05, 4.69) is 67.3 Å². The highest BCUT2D eigenvalue weighted by Gasteiger charge is 1.95. The molecule has 0 atom stereocenters. The van der Waals surface area contributed by atoms with Gasteiger partial charge in [-0.3, -0.25) is 0 Å². The summed E-state index contributed by atoms with van der Waals surface area (Å²) in [6.07, 6.45) is 4.76. The van der Waals surface area contributed by atoms with Gasteiger partial charge in [-0.15, -0.1) is 0 Å². The predicted octanol–water partition coefficient (Wildman–Crippen LogP) is 5.29. The van der Waals surface area contributed by atoms with Crippen molar-refractivity contribution < 1.29 is 0 Å². The molecule has 0 amide bonds. The molecule has 19 heavy (non-hydrogen) atoms. The second-order valence-electron chi connectivity index (χ2n) is 4.70. The zero-order valence-electron chi connectivity index (χ0n) is 11.5. The van der Waals surface area contributed by atoms with E-state index in [1.54, 1.807) is 0 Å². The first-order chi connectivity index (χ1) is 9.40. The van der Waals surface area contributed by atoms with E-state index < -0.39 is 0 Å². The third kappa shape index (κ3) is 4.30. The molecule has 0 aromatic heterocycles. The van der Waals surface area contributed by atoms with Crippen LogP contribution in [0, 0.1) is 11.8 Å². The molecule has 0 heteroatoms. The van der Waals surface area contributed by atoms with Crippen molar-refractivity contribution in [1.29, 1.82) is 0 Å². The normalized spacial score (nSPS) is 9.74. The summed E-state index contributed by atoms with van der Waals surface area (Å²) in [5.41, 5.74) is 3.61. The van der Waals surface area contributed by atoms with Gasteiger partial charge in [0.25, 0.3) is 0 Å². The zero-order chi connectivity index (χ0) is 13.3. The fourth-order valence-electron chi connectivity index (χ4n) is 2.00. The van der Waals surface area contributed by atoms with Crippen LogP contribution >= 0.6 is 0 Å². The highest BCUT2D eigenvalue weighted by Crippen LogP contribution is 2.18. The van der Waals surface area contributed by atoms with Crippen LogP contribution in [0.3, 0.4) is 0 Å². The second-order valence-corrected chi connectivity index (χ2v) is 4.70. The van der Waals surface area contributed by atoms with E-state index in [0.717, 1.165) is 12.0 Å². The maximum Gasteiger partial charge on any atom is 0.0245 e. The summed E-state index contributed by atoms with van der Waals surface area (Å²) in [5.74, 6) is 6.48. The minimum absolute atomic E-state index is 1.01. The predicted molar refractivity (Wildman–Crippen MR) is 82.9 cm³/mol. The van der Waals surface area contributed by atoms with Gasteiger partial charge in [0, 0.05) is 12.0 Å². The fraction of sp³-hybridized carbons (Fsp3) is 0.263. The Morgan fingerprint density at radius 1 is 0.789 bits per heavy atom. The Kier molecular flexibility index (Phi) is 5.26. The maximum atomic E-state index is 3.25. The van der Waals surface area contributed by atoms with Gasteiger partial charge < -0.3 is 0 Å². The van der Waals surface area contributed by atoms with E-state index in [-0.39, 0.29) is 0 Å². The number of hydrogen-bond acceptors (Lipinski definition) is 0. The van der Waals surface area contributed by atoms with E-state index in [0.29, 0.717) is 0 Å². The van der Waals surface area contributed by atoms with Crippen molar-refractivity contribution in [2.45, 2.75) is 32.6 Å². The average molecular weight is 248 g/mol. The average Bonchev–Trinajstić information content (AvgIpc) is 2.49. The lowest BCUT2D eigenvalue weighted by molar-refractivity contribution is 0.737. The Morgan fingerprint density at radius 3 is 2.16 bits per heavy atom. The van der Waals surface area contributed by atoms with Crippen LogP contribution in [0.25, 0.3) is 11.1 Å². The Bertz CT molecular complexity index is 538. The molecule has 0 saturated heterocycles. The molecule has 96 valence electrons. The van der Waals surface area contributed by atoms with Gasteiger partial charge in [0.1, 0.15) is 0 Å². The molecule has 0 fully saturated rings. The Balaban J connectivity index is 1.99. The SMILES string of the molecule is CCCCCC#Cc1ccc(-c2ccccc2)cc1. The van der Waals surface area contributed by atoms with Crippen molar-refractivity contribution >= 4 is 0 Å². The summed E-state index contributed by atoms with van der Waals surface area (Å²) in [7, 11) is 0. The first kappa shape index (κ1) is 13.4. The smallest absolute Gasteiger partial charge is 0.0245 e. The number of rotatable bonds is 4. The lowest BCUT2D eigenvalue weighted by Crippen LogP contribution is -1.79. The van der Waals surface area contributed by atoms with Gasteiger partial charge in [0.15, 0.2) is 0 Å². The minimum atomic E-state index is 1.01. The first-order valence-corrected chi connectivity index (χ1v) is 7.04. The largest absolute Gasteiger partial charge is 0.0979 e. The molecule has 0 radical (unpaired) electrons. The standard InChI is InChI=1S/C19H20/c1-2-3-4-5-7-10-17-13-15-19(16-14-17)18-11-8-6-9-12-18/h6,8-9,11-16H,2-5H2,1H3. The van der Waals surface area contributed by atoms with Gasteiger partial charge in [-0.25, -0.2) is 0 Å². The van der Waals surface area contributed by atoms with E-state index in [1.807, 2.05) is 6.07 Å². The lowest BCUT2D eigenvalue weighted by Gasteiger charge is -2.00. The summed E-state index contributed by atoms with van der Waals surface area (Å²) in [6, 6.07) is 18.9. The third-order valence-corrected chi connectivity index (χ3v) is 3.13. The van der Waals surface area contributed by atoms with Crippen LogP contribution in [0.5, 0.6) is 0 Å². The first-order valence-electron chi connectivity index (χ1n) is 7.04. The molecule has 0 spiro atoms. The maximum absolute atomic E-state index is 3.25. The zero-order valence-corrected chi connectivity index (χ0v) is 11.5. The van der Waals surface area contributed by atoms with Crippen molar-refractivity contribution in [1.82, 2.24) is 0 Å². The molecule has 2 aromatic rings. The Labute approximate surface area is 116 Å². The molecule has 0 aliphatic rings. The molecule has 0 aliphatic heterocycles. The summed E-state index contributed by atoms with van der Waals surface area (Å²) in [6.45, 7) is 2.22. The molecule has 0 bridgehead atoms. The van der Waals surface area contributed by atoms with E-state index in [4.69, 9.17) is 0 Å². The third-order valence-electron chi connectivity index (χ3n) is 3.13. The van der Waals surface area contributed by atoms with Crippen molar-refractivity contribution in [2.24, 2.45) is 0 Å². The van der Waals surface area contributed by atoms with Gasteiger partial charge in [0.2, 0.25) is 0 Å². The van der Waals surface area contributed by atoms with Gasteiger partial charge in [0.05, 0.1) is 0 Å². The summed E-state index contributed by atoms with van der Waals surface area (Å²) >= 11 is 0. The van der Waals surface area contributed by atoms with Crippen LogP contribution in [0.15, 0.2) is 54.6 Å². The highest BCUT2D eigenvalue weighted by molar-refractivity contribution is 5.64. The molecule has 0 unspecified atom stereocenters. The molecular weight excluding hydrogens is 228 g/mol. The van der Waals surface area contributed by atoms with Gasteiger partial charge in [-0.05, 0) is 29.7 Å². The van der Waals surface area contributed by atoms with Crippen molar-refractivity contribution in [2.75, 3.05) is 0 Å². The van der Waals surface area contributed by atoms with Gasteiger partial charge in [-0.1, -0.05) is 74.1 Å². The molecule has 0 saturated carbocycles. The molecule has 2 rings (SSSR count). The van der Waals surface area contributed by atoms with E-state index in [1.165, 1.54) is 30.4 Å². The quantitative estimate of drug-likeness (QED) is 0.509. The van der Waals surface area contributed by atoms with Crippen molar-refractivity contribution in [3.63, 3.8) is 0 Å². The van der Waals surface area contributed by atoms with Crippen LogP contribution in [0.2, 0.25) is 0 Å². The Hall–Kier alpha value is -2.00. The van der Waals surface area contributed by atoms with Crippen LogP contribution in [0.1, 0.15) is 38.2 Å². The molecule has 0 aliphatic carbocycles. The molecule has 0 heterocycles. The number of benzene rings is 2. The van der Waals surface area contributed by atoms with E-state index >= 15 is 0 Å².